The number of carboxylic acids is 1. The van der Waals surface area contributed by atoms with E-state index in [1.54, 1.807) is 0 Å². The van der Waals surface area contributed by atoms with Crippen LogP contribution in [0.15, 0.2) is 24.4 Å². The highest BCUT2D eigenvalue weighted by Crippen LogP contribution is 2.33. The van der Waals surface area contributed by atoms with Gasteiger partial charge in [-0.2, -0.15) is 0 Å². The molecule has 2 N–H and O–H groups in total. The second kappa shape index (κ2) is 7.35. The Labute approximate surface area is 158 Å². The maximum atomic E-state index is 12.8. The molecule has 0 aliphatic carbocycles. The number of H-pyrrole nitrogens is 1. The maximum Gasteiger partial charge on any atom is 0.309 e. The molecule has 0 spiro atoms. The molecule has 3 heterocycles. The van der Waals surface area contributed by atoms with Crippen molar-refractivity contribution in [2.45, 2.75) is 38.7 Å². The van der Waals surface area contributed by atoms with Gasteiger partial charge in [0.2, 0.25) is 5.91 Å². The normalized spacial score (nSPS) is 23.8. The summed E-state index contributed by atoms with van der Waals surface area (Å²) in [6, 6.07) is 6.11. The first-order chi connectivity index (χ1) is 13.0. The summed E-state index contributed by atoms with van der Waals surface area (Å²) < 4.78 is 5.72. The number of amides is 1. The molecule has 1 unspecified atom stereocenters. The molecule has 2 saturated heterocycles. The van der Waals surface area contributed by atoms with Gasteiger partial charge in [0.1, 0.15) is 0 Å². The van der Waals surface area contributed by atoms with Gasteiger partial charge in [-0.05, 0) is 49.3 Å². The largest absolute Gasteiger partial charge is 0.481 e. The average Bonchev–Trinajstić information content (AvgIpc) is 3.30. The molecule has 0 radical (unpaired) electrons. The van der Waals surface area contributed by atoms with Gasteiger partial charge in [0.25, 0.3) is 0 Å². The number of piperidine rings is 1. The molecule has 1 aromatic carbocycles. The molecular formula is C21H26N2O4. The van der Waals surface area contributed by atoms with E-state index in [0.29, 0.717) is 32.5 Å². The number of carbonyl (C=O) groups excluding carboxylic acids is 1. The molecule has 1 aromatic heterocycles. The first-order valence-corrected chi connectivity index (χ1v) is 9.72. The van der Waals surface area contributed by atoms with Crippen LogP contribution < -0.4 is 0 Å². The lowest BCUT2D eigenvalue weighted by atomic mass is 9.84. The van der Waals surface area contributed by atoms with E-state index in [-0.39, 0.29) is 17.9 Å². The van der Waals surface area contributed by atoms with E-state index in [1.165, 1.54) is 5.56 Å². The van der Waals surface area contributed by atoms with Crippen LogP contribution in [-0.2, 0) is 20.7 Å². The summed E-state index contributed by atoms with van der Waals surface area (Å²) in [6.45, 7) is 3.95. The lowest BCUT2D eigenvalue weighted by molar-refractivity contribution is -0.145. The topological polar surface area (TPSA) is 82.6 Å². The van der Waals surface area contributed by atoms with E-state index in [2.05, 4.69) is 18.0 Å². The Hall–Kier alpha value is -2.34. The fourth-order valence-corrected chi connectivity index (χ4v) is 4.68. The molecule has 4 rings (SSSR count). The molecule has 2 atom stereocenters. The molecule has 2 fully saturated rings. The molecule has 0 saturated carbocycles. The number of hydrogen-bond donors (Lipinski definition) is 2. The molecule has 2 aliphatic heterocycles. The molecule has 6 nitrogen and oxygen atoms in total. The van der Waals surface area contributed by atoms with E-state index in [0.717, 1.165) is 29.3 Å². The predicted octanol–water partition coefficient (Wildman–Crippen LogP) is 2.75. The van der Waals surface area contributed by atoms with Gasteiger partial charge in [0.05, 0.1) is 18.4 Å². The average molecular weight is 370 g/mol. The van der Waals surface area contributed by atoms with Crippen LogP contribution in [-0.4, -0.2) is 52.7 Å². The van der Waals surface area contributed by atoms with Crippen LogP contribution in [0.4, 0.5) is 0 Å². The van der Waals surface area contributed by atoms with Gasteiger partial charge >= 0.3 is 5.97 Å². The fraction of sp³-hybridized carbons (Fsp3) is 0.524. The maximum absolute atomic E-state index is 12.8. The Morgan fingerprint density at radius 1 is 1.26 bits per heavy atom. The summed E-state index contributed by atoms with van der Waals surface area (Å²) >= 11 is 0. The van der Waals surface area contributed by atoms with Gasteiger partial charge in [-0.15, -0.1) is 0 Å². The number of likely N-dealkylation sites (tertiary alicyclic amines) is 1. The summed E-state index contributed by atoms with van der Waals surface area (Å²) in [6.07, 6.45) is 4.36. The Balaban J connectivity index is 1.38. The van der Waals surface area contributed by atoms with Crippen LogP contribution in [0.1, 0.15) is 30.4 Å². The number of aromatic amines is 1. The van der Waals surface area contributed by atoms with Gasteiger partial charge in [-0.3, -0.25) is 9.59 Å². The van der Waals surface area contributed by atoms with Gasteiger partial charge in [0.15, 0.2) is 0 Å². The van der Waals surface area contributed by atoms with Crippen LogP contribution in [0.2, 0.25) is 0 Å². The van der Waals surface area contributed by atoms with E-state index >= 15 is 0 Å². The van der Waals surface area contributed by atoms with Crippen molar-refractivity contribution in [3.05, 3.63) is 35.5 Å². The number of ether oxygens (including phenoxy) is 1. The first kappa shape index (κ1) is 18.0. The summed E-state index contributed by atoms with van der Waals surface area (Å²) in [5.74, 6) is -0.787. The number of aromatic nitrogens is 1. The number of aryl methyl sites for hydroxylation is 1. The smallest absolute Gasteiger partial charge is 0.309 e. The number of aliphatic carboxylic acids is 1. The highest BCUT2D eigenvalue weighted by molar-refractivity contribution is 5.91. The van der Waals surface area contributed by atoms with Crippen molar-refractivity contribution in [1.29, 1.82) is 0 Å². The Kier molecular flexibility index (Phi) is 4.91. The summed E-state index contributed by atoms with van der Waals surface area (Å²) in [5, 5.41) is 10.5. The molecule has 2 aromatic rings. The van der Waals surface area contributed by atoms with Gasteiger partial charge in [-0.1, -0.05) is 12.1 Å². The van der Waals surface area contributed by atoms with Crippen molar-refractivity contribution in [3.8, 4) is 0 Å². The Morgan fingerprint density at radius 2 is 2.04 bits per heavy atom. The zero-order chi connectivity index (χ0) is 19.0. The Bertz CT molecular complexity index is 851. The van der Waals surface area contributed by atoms with E-state index in [4.69, 9.17) is 4.74 Å². The summed E-state index contributed by atoms with van der Waals surface area (Å²) in [5.41, 5.74) is 3.28. The van der Waals surface area contributed by atoms with E-state index < -0.39 is 11.9 Å². The lowest BCUT2D eigenvalue weighted by Gasteiger charge is -2.35. The van der Waals surface area contributed by atoms with Crippen molar-refractivity contribution >= 4 is 22.8 Å². The van der Waals surface area contributed by atoms with E-state index in [1.807, 2.05) is 23.2 Å². The van der Waals surface area contributed by atoms with Gasteiger partial charge in [-0.25, -0.2) is 0 Å². The van der Waals surface area contributed by atoms with Crippen LogP contribution in [0.5, 0.6) is 0 Å². The van der Waals surface area contributed by atoms with Crippen molar-refractivity contribution in [1.82, 2.24) is 9.88 Å². The minimum Gasteiger partial charge on any atom is -0.481 e. The zero-order valence-corrected chi connectivity index (χ0v) is 15.6. The molecule has 2 aliphatic rings. The third kappa shape index (κ3) is 3.46. The summed E-state index contributed by atoms with van der Waals surface area (Å²) in [4.78, 5) is 29.4. The minimum atomic E-state index is -0.759. The van der Waals surface area contributed by atoms with Crippen LogP contribution in [0.3, 0.4) is 0 Å². The quantitative estimate of drug-likeness (QED) is 0.867. The van der Waals surface area contributed by atoms with Crippen LogP contribution in [0.25, 0.3) is 10.9 Å². The monoisotopic (exact) mass is 370 g/mol. The Morgan fingerprint density at radius 3 is 2.78 bits per heavy atom. The second-order valence-electron chi connectivity index (χ2n) is 7.78. The van der Waals surface area contributed by atoms with E-state index in [9.17, 15) is 14.7 Å². The first-order valence-electron chi connectivity index (χ1n) is 9.72. The van der Waals surface area contributed by atoms with Crippen molar-refractivity contribution in [2.24, 2.45) is 11.8 Å². The van der Waals surface area contributed by atoms with Gasteiger partial charge in [0, 0.05) is 36.8 Å². The number of benzene rings is 1. The fourth-order valence-electron chi connectivity index (χ4n) is 4.68. The molecule has 144 valence electrons. The lowest BCUT2D eigenvalue weighted by Crippen LogP contribution is -2.43. The molecule has 6 heteroatoms. The molecular weight excluding hydrogens is 344 g/mol. The number of hydrogen-bond acceptors (Lipinski definition) is 3. The predicted molar refractivity (Wildman–Crippen MR) is 102 cm³/mol. The molecule has 0 bridgehead atoms. The third-order valence-electron chi connectivity index (χ3n) is 6.15. The highest BCUT2D eigenvalue weighted by Gasteiger charge is 2.40. The molecule has 27 heavy (non-hydrogen) atoms. The number of carbonyl (C=O) groups is 2. The SMILES string of the molecule is Cc1cccc2[nH]cc(CC(=O)N3CCC([C@@H]4OCCC4C(=O)O)CC3)c12. The number of rotatable bonds is 4. The molecule has 1 amide bonds. The van der Waals surface area contributed by atoms with Crippen molar-refractivity contribution < 1.29 is 19.4 Å². The standard InChI is InChI=1S/C21H26N2O4/c1-13-3-2-4-17-19(13)15(12-22-17)11-18(24)23-8-5-14(6-9-23)20-16(21(25)26)7-10-27-20/h2-4,12,14,16,20,22H,5-11H2,1H3,(H,25,26)/t16?,20-/m0/s1. The van der Waals surface area contributed by atoms with Crippen LogP contribution >= 0.6 is 0 Å². The van der Waals surface area contributed by atoms with Crippen molar-refractivity contribution in [2.75, 3.05) is 19.7 Å². The third-order valence-corrected chi connectivity index (χ3v) is 6.15. The number of carboxylic acid groups (broad SMARTS) is 1. The second-order valence-corrected chi connectivity index (χ2v) is 7.78. The zero-order valence-electron chi connectivity index (χ0n) is 15.6. The minimum absolute atomic E-state index is 0.139. The number of fused-ring (bicyclic) bond motifs is 1. The van der Waals surface area contributed by atoms with Crippen LogP contribution in [0, 0.1) is 18.8 Å². The highest BCUT2D eigenvalue weighted by atomic mass is 16.5. The number of nitrogens with zero attached hydrogens (tertiary/aromatic N) is 1. The van der Waals surface area contributed by atoms with Crippen molar-refractivity contribution in [3.63, 3.8) is 0 Å². The van der Waals surface area contributed by atoms with Gasteiger partial charge < -0.3 is 19.7 Å². The summed E-state index contributed by atoms with van der Waals surface area (Å²) in [7, 11) is 0. The number of nitrogens with one attached hydrogen (secondary N) is 1.